The molecule has 0 aromatic heterocycles. The molecule has 1 saturated carbocycles. The summed E-state index contributed by atoms with van der Waals surface area (Å²) in [7, 11) is 0. The van der Waals surface area contributed by atoms with Gasteiger partial charge < -0.3 is 9.47 Å². The smallest absolute Gasteiger partial charge is 0.363 e. The van der Waals surface area contributed by atoms with Gasteiger partial charge in [0.05, 0.1) is 6.61 Å². The third-order valence-electron chi connectivity index (χ3n) is 3.59. The fraction of sp³-hybridized carbons (Fsp3) is 0.375. The summed E-state index contributed by atoms with van der Waals surface area (Å²) in [6, 6.07) is 7.57. The van der Waals surface area contributed by atoms with Crippen LogP contribution in [0.3, 0.4) is 0 Å². The van der Waals surface area contributed by atoms with Gasteiger partial charge in [-0.05, 0) is 43.5 Å². The lowest BCUT2D eigenvalue weighted by molar-refractivity contribution is -0.130. The number of ether oxygens (including phenoxy) is 2. The highest BCUT2D eigenvalue weighted by Gasteiger charge is 2.32. The van der Waals surface area contributed by atoms with Crippen molar-refractivity contribution in [2.24, 2.45) is 10.9 Å². The van der Waals surface area contributed by atoms with Crippen molar-refractivity contribution in [1.82, 2.24) is 0 Å². The topological polar surface area (TPSA) is 47.9 Å². The summed E-state index contributed by atoms with van der Waals surface area (Å²) in [5.74, 6) is 1.41. The van der Waals surface area contributed by atoms with E-state index in [0.29, 0.717) is 24.1 Å². The molecule has 3 rings (SSSR count). The van der Waals surface area contributed by atoms with Gasteiger partial charge in [-0.1, -0.05) is 18.6 Å². The Morgan fingerprint density at radius 2 is 2.10 bits per heavy atom. The molecule has 0 saturated heterocycles. The normalized spacial score (nSPS) is 20.6. The van der Waals surface area contributed by atoms with Gasteiger partial charge in [-0.2, -0.15) is 0 Å². The average Bonchev–Trinajstić information content (AvgIpc) is 2.71. The summed E-state index contributed by atoms with van der Waals surface area (Å²) in [5.41, 5.74) is 1.30. The van der Waals surface area contributed by atoms with Crippen LogP contribution in [0.4, 0.5) is 0 Å². The molecule has 1 aromatic rings. The van der Waals surface area contributed by atoms with Crippen molar-refractivity contribution in [2.45, 2.75) is 26.2 Å². The first kappa shape index (κ1) is 12.9. The number of benzene rings is 1. The first-order valence-electron chi connectivity index (χ1n) is 7.01. The molecule has 1 aromatic carbocycles. The van der Waals surface area contributed by atoms with Crippen molar-refractivity contribution in [3.63, 3.8) is 0 Å². The molecular weight excluding hydrogens is 254 g/mol. The van der Waals surface area contributed by atoms with Crippen molar-refractivity contribution in [3.8, 4) is 5.75 Å². The maximum Gasteiger partial charge on any atom is 0.363 e. The van der Waals surface area contributed by atoms with Crippen LogP contribution in [0, 0.1) is 5.92 Å². The molecule has 0 bridgehead atoms. The minimum atomic E-state index is -0.346. The van der Waals surface area contributed by atoms with Crippen LogP contribution >= 0.6 is 0 Å². The fourth-order valence-electron chi connectivity index (χ4n) is 2.24. The highest BCUT2D eigenvalue weighted by atomic mass is 16.6. The maximum atomic E-state index is 11.8. The van der Waals surface area contributed by atoms with Crippen LogP contribution in [0.2, 0.25) is 0 Å². The maximum absolute atomic E-state index is 11.8. The SMILES string of the molecule is CCOc1ccc(/C=C2/N=C(C3CCC3)OC2=O)cc1. The summed E-state index contributed by atoms with van der Waals surface area (Å²) in [6.45, 7) is 2.59. The summed E-state index contributed by atoms with van der Waals surface area (Å²) in [4.78, 5) is 16.1. The number of aliphatic imine (C=N–C) groups is 1. The van der Waals surface area contributed by atoms with Crippen molar-refractivity contribution in [3.05, 3.63) is 35.5 Å². The van der Waals surface area contributed by atoms with Gasteiger partial charge in [0, 0.05) is 5.92 Å². The second-order valence-corrected chi connectivity index (χ2v) is 5.00. The van der Waals surface area contributed by atoms with E-state index >= 15 is 0 Å². The largest absolute Gasteiger partial charge is 0.494 e. The van der Waals surface area contributed by atoms with Crippen LogP contribution in [-0.2, 0) is 9.53 Å². The molecule has 1 aliphatic heterocycles. The van der Waals surface area contributed by atoms with E-state index in [4.69, 9.17) is 9.47 Å². The number of hydrogen-bond acceptors (Lipinski definition) is 4. The molecule has 0 amide bonds. The molecule has 0 unspecified atom stereocenters. The Morgan fingerprint density at radius 3 is 2.70 bits per heavy atom. The lowest BCUT2D eigenvalue weighted by Gasteiger charge is -2.23. The van der Waals surface area contributed by atoms with E-state index in [9.17, 15) is 4.79 Å². The highest BCUT2D eigenvalue weighted by molar-refractivity contribution is 6.07. The van der Waals surface area contributed by atoms with Gasteiger partial charge in [0.1, 0.15) is 5.75 Å². The molecule has 4 nitrogen and oxygen atoms in total. The second-order valence-electron chi connectivity index (χ2n) is 5.00. The Hall–Kier alpha value is -2.10. The Bertz CT molecular complexity index is 568. The number of carbonyl (C=O) groups excluding carboxylic acids is 1. The zero-order valence-corrected chi connectivity index (χ0v) is 11.5. The molecule has 1 fully saturated rings. The third-order valence-corrected chi connectivity index (χ3v) is 3.59. The van der Waals surface area contributed by atoms with Crippen LogP contribution in [-0.4, -0.2) is 18.5 Å². The third kappa shape index (κ3) is 2.59. The van der Waals surface area contributed by atoms with E-state index in [1.807, 2.05) is 31.2 Å². The van der Waals surface area contributed by atoms with E-state index in [-0.39, 0.29) is 5.97 Å². The lowest BCUT2D eigenvalue weighted by atomic mass is 9.85. The summed E-state index contributed by atoms with van der Waals surface area (Å²) in [6.07, 6.45) is 5.09. The molecule has 2 aliphatic rings. The van der Waals surface area contributed by atoms with Crippen LogP contribution in [0.5, 0.6) is 5.75 Å². The number of cyclic esters (lactones) is 1. The highest BCUT2D eigenvalue weighted by Crippen LogP contribution is 2.31. The van der Waals surface area contributed by atoms with Crippen LogP contribution in [0.25, 0.3) is 6.08 Å². The van der Waals surface area contributed by atoms with E-state index in [1.165, 1.54) is 6.42 Å². The zero-order chi connectivity index (χ0) is 13.9. The van der Waals surface area contributed by atoms with Crippen molar-refractivity contribution < 1.29 is 14.3 Å². The van der Waals surface area contributed by atoms with Crippen molar-refractivity contribution in [2.75, 3.05) is 6.61 Å². The average molecular weight is 271 g/mol. The zero-order valence-electron chi connectivity index (χ0n) is 11.5. The Labute approximate surface area is 118 Å². The van der Waals surface area contributed by atoms with Crippen LogP contribution in [0.1, 0.15) is 31.7 Å². The van der Waals surface area contributed by atoms with E-state index in [1.54, 1.807) is 6.08 Å². The van der Waals surface area contributed by atoms with Crippen molar-refractivity contribution >= 4 is 17.9 Å². The van der Waals surface area contributed by atoms with Gasteiger partial charge in [0.2, 0.25) is 5.90 Å². The molecule has 0 spiro atoms. The first-order valence-corrected chi connectivity index (χ1v) is 7.01. The minimum Gasteiger partial charge on any atom is -0.494 e. The van der Waals surface area contributed by atoms with Gasteiger partial charge >= 0.3 is 5.97 Å². The molecule has 4 heteroatoms. The number of carbonyl (C=O) groups is 1. The second kappa shape index (κ2) is 5.49. The molecule has 20 heavy (non-hydrogen) atoms. The molecule has 0 N–H and O–H groups in total. The summed E-state index contributed by atoms with van der Waals surface area (Å²) < 4.78 is 10.6. The van der Waals surface area contributed by atoms with E-state index in [2.05, 4.69) is 4.99 Å². The molecule has 104 valence electrons. The first-order chi connectivity index (χ1) is 9.76. The number of hydrogen-bond donors (Lipinski definition) is 0. The van der Waals surface area contributed by atoms with Crippen LogP contribution in [0.15, 0.2) is 35.0 Å². The molecule has 1 heterocycles. The predicted octanol–water partition coefficient (Wildman–Crippen LogP) is 3.18. The van der Waals surface area contributed by atoms with E-state index in [0.717, 1.165) is 24.2 Å². The Kier molecular flexibility index (Phi) is 3.54. The van der Waals surface area contributed by atoms with Gasteiger partial charge in [0.25, 0.3) is 0 Å². The molecule has 0 radical (unpaired) electrons. The van der Waals surface area contributed by atoms with E-state index < -0.39 is 0 Å². The van der Waals surface area contributed by atoms with Crippen molar-refractivity contribution in [1.29, 1.82) is 0 Å². The molecule has 0 atom stereocenters. The Balaban J connectivity index is 1.77. The standard InChI is InChI=1S/C16H17NO3/c1-2-19-13-8-6-11(7-9-13)10-14-16(18)20-15(17-14)12-4-3-5-12/h6-10,12H,2-5H2,1H3/b14-10+. The van der Waals surface area contributed by atoms with Gasteiger partial charge in [-0.3, -0.25) is 0 Å². The Morgan fingerprint density at radius 1 is 1.35 bits per heavy atom. The fourth-order valence-corrected chi connectivity index (χ4v) is 2.24. The van der Waals surface area contributed by atoms with Crippen LogP contribution < -0.4 is 4.74 Å². The quantitative estimate of drug-likeness (QED) is 0.624. The lowest BCUT2D eigenvalue weighted by Crippen LogP contribution is -2.22. The number of rotatable bonds is 4. The van der Waals surface area contributed by atoms with Gasteiger partial charge in [-0.25, -0.2) is 9.79 Å². The van der Waals surface area contributed by atoms with Gasteiger partial charge in [-0.15, -0.1) is 0 Å². The summed E-state index contributed by atoms with van der Waals surface area (Å²) >= 11 is 0. The number of esters is 1. The minimum absolute atomic E-state index is 0.338. The number of nitrogens with zero attached hydrogens (tertiary/aromatic N) is 1. The molecular formula is C16H17NO3. The summed E-state index contributed by atoms with van der Waals surface area (Å²) in [5, 5.41) is 0. The predicted molar refractivity (Wildman–Crippen MR) is 76.5 cm³/mol. The van der Waals surface area contributed by atoms with Gasteiger partial charge in [0.15, 0.2) is 5.70 Å². The monoisotopic (exact) mass is 271 g/mol. The molecule has 1 aliphatic carbocycles.